The fourth-order valence-electron chi connectivity index (χ4n) is 2.32. The largest absolute Gasteiger partial charge is 0.353 e. The molecule has 1 fully saturated rings. The number of halogens is 3. The van der Waals surface area contributed by atoms with Crippen molar-refractivity contribution in [2.24, 2.45) is 5.92 Å². The van der Waals surface area contributed by atoms with Gasteiger partial charge < -0.3 is 10.2 Å². The predicted molar refractivity (Wildman–Crippen MR) is 68.1 cm³/mol. The quantitative estimate of drug-likeness (QED) is 0.918. The molecule has 0 spiro atoms. The number of nitrogens with zero attached hydrogens (tertiary/aromatic N) is 2. The number of hydrogen-bond donors (Lipinski definition) is 1. The minimum atomic E-state index is -2.56. The van der Waals surface area contributed by atoms with Gasteiger partial charge >= 0.3 is 0 Å². The van der Waals surface area contributed by atoms with Crippen LogP contribution in [0.15, 0.2) is 18.3 Å². The molecule has 110 valence electrons. The van der Waals surface area contributed by atoms with Gasteiger partial charge in [-0.05, 0) is 25.0 Å². The van der Waals surface area contributed by atoms with Crippen LogP contribution in [0.1, 0.15) is 12.8 Å². The van der Waals surface area contributed by atoms with Crippen molar-refractivity contribution in [1.29, 1.82) is 0 Å². The molecule has 1 unspecified atom stereocenters. The Morgan fingerprint density at radius 1 is 1.55 bits per heavy atom. The highest BCUT2D eigenvalue weighted by molar-refractivity contribution is 5.79. The van der Waals surface area contributed by atoms with Crippen LogP contribution < -0.4 is 10.2 Å². The standard InChI is InChI=1S/C13H16F3N3O/c14-10-4-1-5-17-12(10)19-6-2-3-9(8-19)13(20)18-7-11(15)16/h1,4-5,9,11H,2-3,6-8H2,(H,18,20). The molecular weight excluding hydrogens is 271 g/mol. The number of rotatable bonds is 4. The Bertz CT molecular complexity index is 470. The van der Waals surface area contributed by atoms with E-state index in [1.165, 1.54) is 18.3 Å². The first-order valence-electron chi connectivity index (χ1n) is 6.49. The summed E-state index contributed by atoms with van der Waals surface area (Å²) in [5.74, 6) is -1.06. The molecule has 1 amide bonds. The van der Waals surface area contributed by atoms with Crippen molar-refractivity contribution in [3.63, 3.8) is 0 Å². The molecule has 0 bridgehead atoms. The van der Waals surface area contributed by atoms with Gasteiger partial charge in [0, 0.05) is 19.3 Å². The van der Waals surface area contributed by atoms with Crippen LogP contribution in [0.25, 0.3) is 0 Å². The number of amides is 1. The van der Waals surface area contributed by atoms with Crippen LogP contribution in [-0.2, 0) is 4.79 Å². The summed E-state index contributed by atoms with van der Waals surface area (Å²) >= 11 is 0. The van der Waals surface area contributed by atoms with Gasteiger partial charge in [-0.3, -0.25) is 4.79 Å². The Morgan fingerprint density at radius 3 is 3.05 bits per heavy atom. The highest BCUT2D eigenvalue weighted by Crippen LogP contribution is 2.23. The predicted octanol–water partition coefficient (Wildman–Crippen LogP) is 1.82. The van der Waals surface area contributed by atoms with E-state index in [1.54, 1.807) is 4.90 Å². The summed E-state index contributed by atoms with van der Waals surface area (Å²) in [6.45, 7) is 0.253. The normalized spacial score (nSPS) is 19.2. The van der Waals surface area contributed by atoms with E-state index in [0.29, 0.717) is 25.9 Å². The van der Waals surface area contributed by atoms with Crippen molar-refractivity contribution in [3.8, 4) is 0 Å². The van der Waals surface area contributed by atoms with E-state index in [1.807, 2.05) is 0 Å². The van der Waals surface area contributed by atoms with Crippen LogP contribution in [0, 0.1) is 11.7 Å². The molecule has 1 N–H and O–H groups in total. The summed E-state index contributed by atoms with van der Waals surface area (Å²) in [7, 11) is 0. The highest BCUT2D eigenvalue weighted by Gasteiger charge is 2.27. The van der Waals surface area contributed by atoms with Crippen molar-refractivity contribution in [2.75, 3.05) is 24.5 Å². The molecule has 1 aromatic rings. The number of alkyl halides is 2. The lowest BCUT2D eigenvalue weighted by atomic mass is 9.97. The van der Waals surface area contributed by atoms with Crippen molar-refractivity contribution < 1.29 is 18.0 Å². The average molecular weight is 287 g/mol. The van der Waals surface area contributed by atoms with E-state index >= 15 is 0 Å². The van der Waals surface area contributed by atoms with Crippen LogP contribution in [0.3, 0.4) is 0 Å². The molecule has 20 heavy (non-hydrogen) atoms. The second-order valence-corrected chi connectivity index (χ2v) is 4.73. The third kappa shape index (κ3) is 3.61. The van der Waals surface area contributed by atoms with E-state index in [4.69, 9.17) is 0 Å². The Labute approximate surface area is 115 Å². The molecule has 0 aromatic carbocycles. The van der Waals surface area contributed by atoms with Gasteiger partial charge in [0.1, 0.15) is 0 Å². The van der Waals surface area contributed by atoms with E-state index in [-0.39, 0.29) is 5.82 Å². The monoisotopic (exact) mass is 287 g/mol. The lowest BCUT2D eigenvalue weighted by molar-refractivity contribution is -0.125. The smallest absolute Gasteiger partial charge is 0.255 e. The summed E-state index contributed by atoms with van der Waals surface area (Å²) in [5, 5.41) is 2.21. The zero-order valence-electron chi connectivity index (χ0n) is 10.9. The van der Waals surface area contributed by atoms with Gasteiger partial charge in [0.25, 0.3) is 6.43 Å². The molecule has 1 aromatic heterocycles. The highest BCUT2D eigenvalue weighted by atomic mass is 19.3. The number of pyridine rings is 1. The number of anilines is 1. The third-order valence-corrected chi connectivity index (χ3v) is 3.26. The SMILES string of the molecule is O=C(NCC(F)F)C1CCCN(c2ncccc2F)C1. The molecule has 4 nitrogen and oxygen atoms in total. The van der Waals surface area contributed by atoms with Gasteiger partial charge in [-0.1, -0.05) is 0 Å². The number of carbonyl (C=O) groups excluding carboxylic acids is 1. The first kappa shape index (κ1) is 14.6. The third-order valence-electron chi connectivity index (χ3n) is 3.26. The Kier molecular flexibility index (Phi) is 4.81. The van der Waals surface area contributed by atoms with Gasteiger partial charge in [0.05, 0.1) is 12.5 Å². The minimum absolute atomic E-state index is 0.207. The van der Waals surface area contributed by atoms with E-state index in [2.05, 4.69) is 10.3 Å². The first-order valence-corrected chi connectivity index (χ1v) is 6.49. The Balaban J connectivity index is 1.98. The van der Waals surface area contributed by atoms with E-state index in [0.717, 1.165) is 0 Å². The molecule has 0 aliphatic carbocycles. The molecular formula is C13H16F3N3O. The molecule has 2 rings (SSSR count). The summed E-state index contributed by atoms with van der Waals surface area (Å²) in [5.41, 5.74) is 0. The van der Waals surface area contributed by atoms with Gasteiger partial charge in [0.2, 0.25) is 5.91 Å². The second-order valence-electron chi connectivity index (χ2n) is 4.73. The zero-order chi connectivity index (χ0) is 14.5. The molecule has 7 heteroatoms. The number of piperidine rings is 1. The zero-order valence-corrected chi connectivity index (χ0v) is 10.9. The summed E-state index contributed by atoms with van der Waals surface area (Å²) in [4.78, 5) is 17.4. The van der Waals surface area contributed by atoms with Crippen molar-refractivity contribution in [2.45, 2.75) is 19.3 Å². The van der Waals surface area contributed by atoms with Crippen LogP contribution in [0.2, 0.25) is 0 Å². The number of carbonyl (C=O) groups is 1. The number of nitrogens with one attached hydrogen (secondary N) is 1. The van der Waals surface area contributed by atoms with Crippen LogP contribution >= 0.6 is 0 Å². The molecule has 1 saturated heterocycles. The van der Waals surface area contributed by atoms with Crippen molar-refractivity contribution >= 4 is 11.7 Å². The van der Waals surface area contributed by atoms with Crippen LogP contribution in [0.5, 0.6) is 0 Å². The van der Waals surface area contributed by atoms with Gasteiger partial charge in [-0.25, -0.2) is 18.2 Å². The topological polar surface area (TPSA) is 45.2 Å². The maximum Gasteiger partial charge on any atom is 0.255 e. The second kappa shape index (κ2) is 6.58. The van der Waals surface area contributed by atoms with Gasteiger partial charge in [0.15, 0.2) is 11.6 Å². The molecule has 1 aliphatic rings. The van der Waals surface area contributed by atoms with E-state index < -0.39 is 30.6 Å². The molecule has 0 saturated carbocycles. The van der Waals surface area contributed by atoms with E-state index in [9.17, 15) is 18.0 Å². The fraction of sp³-hybridized carbons (Fsp3) is 0.538. The fourth-order valence-corrected chi connectivity index (χ4v) is 2.32. The van der Waals surface area contributed by atoms with Crippen molar-refractivity contribution in [3.05, 3.63) is 24.1 Å². The first-order chi connectivity index (χ1) is 9.58. The summed E-state index contributed by atoms with van der Waals surface area (Å²) < 4.78 is 37.8. The molecule has 1 atom stereocenters. The molecule has 0 radical (unpaired) electrons. The lowest BCUT2D eigenvalue weighted by Crippen LogP contribution is -2.44. The van der Waals surface area contributed by atoms with Crippen LogP contribution in [-0.4, -0.2) is 37.0 Å². The maximum atomic E-state index is 13.7. The van der Waals surface area contributed by atoms with Gasteiger partial charge in [-0.15, -0.1) is 0 Å². The molecule has 1 aliphatic heterocycles. The maximum absolute atomic E-state index is 13.7. The van der Waals surface area contributed by atoms with Gasteiger partial charge in [-0.2, -0.15) is 0 Å². The minimum Gasteiger partial charge on any atom is -0.353 e. The van der Waals surface area contributed by atoms with Crippen molar-refractivity contribution in [1.82, 2.24) is 10.3 Å². The number of aromatic nitrogens is 1. The van der Waals surface area contributed by atoms with Crippen LogP contribution in [0.4, 0.5) is 19.0 Å². The molecule has 2 heterocycles. The Hall–Kier alpha value is -1.79. The number of hydrogen-bond acceptors (Lipinski definition) is 3. The lowest BCUT2D eigenvalue weighted by Gasteiger charge is -2.32. The Morgan fingerprint density at radius 2 is 2.35 bits per heavy atom. The summed E-state index contributed by atoms with van der Waals surface area (Å²) in [6, 6.07) is 2.80. The average Bonchev–Trinajstić information content (AvgIpc) is 2.45. The summed E-state index contributed by atoms with van der Waals surface area (Å²) in [6.07, 6.45) is 0.230.